The monoisotopic (exact) mass is 412 g/mol. The third-order valence-corrected chi connectivity index (χ3v) is 7.89. The highest BCUT2D eigenvalue weighted by Gasteiger charge is 2.42. The summed E-state index contributed by atoms with van der Waals surface area (Å²) in [6, 6.07) is 15.0. The fourth-order valence-electron chi connectivity index (χ4n) is 3.73. The van der Waals surface area contributed by atoms with Crippen molar-refractivity contribution in [2.24, 2.45) is 17.3 Å². The maximum atomic E-state index is 14.1. The molecule has 5 heteroatoms. The van der Waals surface area contributed by atoms with Crippen LogP contribution in [0.15, 0.2) is 48.5 Å². The van der Waals surface area contributed by atoms with Gasteiger partial charge in [-0.15, -0.1) is 0 Å². The van der Waals surface area contributed by atoms with Gasteiger partial charge in [-0.1, -0.05) is 71.0 Å². The minimum Gasteiger partial charge on any atom is -0.439 e. The number of rotatable bonds is 6. The number of benzene rings is 2. The van der Waals surface area contributed by atoms with Crippen LogP contribution in [0, 0.1) is 17.3 Å². The fraction of sp³-hybridized carbons (Fsp3) is 0.417. The van der Waals surface area contributed by atoms with Crippen LogP contribution in [0.4, 0.5) is 0 Å². The third kappa shape index (κ3) is 4.38. The molecular formula is C24H29O4P. The van der Waals surface area contributed by atoms with Crippen LogP contribution in [0.3, 0.4) is 0 Å². The van der Waals surface area contributed by atoms with E-state index in [1.54, 1.807) is 6.07 Å². The molecule has 0 aliphatic carbocycles. The first-order chi connectivity index (χ1) is 13.5. The third-order valence-electron chi connectivity index (χ3n) is 5.36. The van der Waals surface area contributed by atoms with E-state index in [1.165, 1.54) is 0 Å². The van der Waals surface area contributed by atoms with Crippen LogP contribution < -0.4 is 9.83 Å². The highest BCUT2D eigenvalue weighted by Crippen LogP contribution is 2.56. The first-order valence-corrected chi connectivity index (χ1v) is 11.9. The molecule has 2 aromatic rings. The summed E-state index contributed by atoms with van der Waals surface area (Å²) in [5.74, 6) is -0.307. The number of para-hydroxylation sites is 1. The Morgan fingerprint density at radius 2 is 1.55 bits per heavy atom. The molecule has 0 radical (unpaired) electrons. The average Bonchev–Trinajstić information content (AvgIpc) is 2.66. The fourth-order valence-corrected chi connectivity index (χ4v) is 6.33. The van der Waals surface area contributed by atoms with E-state index in [4.69, 9.17) is 4.52 Å². The molecule has 2 atom stereocenters. The Balaban J connectivity index is 2.04. The first kappa shape index (κ1) is 21.5. The Morgan fingerprint density at radius 3 is 2.17 bits per heavy atom. The van der Waals surface area contributed by atoms with E-state index in [9.17, 15) is 14.2 Å². The van der Waals surface area contributed by atoms with Gasteiger partial charge in [-0.2, -0.15) is 0 Å². The molecule has 4 nitrogen and oxygen atoms in total. The number of Topliss-reactive ketones (excluding diaryl/α,β-unsaturated/α-hetero) is 2. The minimum absolute atomic E-state index is 0.00453. The summed E-state index contributed by atoms with van der Waals surface area (Å²) in [6.07, 6.45) is 0.123. The molecule has 1 heterocycles. The van der Waals surface area contributed by atoms with Gasteiger partial charge in [-0.3, -0.25) is 14.2 Å². The van der Waals surface area contributed by atoms with Gasteiger partial charge in [0.2, 0.25) is 0 Å². The van der Waals surface area contributed by atoms with Crippen molar-refractivity contribution in [3.05, 3.63) is 48.5 Å². The van der Waals surface area contributed by atoms with Crippen molar-refractivity contribution in [3.8, 4) is 16.9 Å². The predicted octanol–water partition coefficient (Wildman–Crippen LogP) is 5.50. The minimum atomic E-state index is -3.37. The van der Waals surface area contributed by atoms with E-state index >= 15 is 0 Å². The molecule has 29 heavy (non-hydrogen) atoms. The van der Waals surface area contributed by atoms with Gasteiger partial charge in [0.25, 0.3) is 7.37 Å². The predicted molar refractivity (Wildman–Crippen MR) is 117 cm³/mol. The number of hydrogen-bond acceptors (Lipinski definition) is 4. The van der Waals surface area contributed by atoms with Crippen LogP contribution in [0.25, 0.3) is 11.1 Å². The van der Waals surface area contributed by atoms with Crippen LogP contribution in [-0.4, -0.2) is 17.7 Å². The largest absolute Gasteiger partial charge is 0.439 e. The lowest BCUT2D eigenvalue weighted by atomic mass is 9.81. The van der Waals surface area contributed by atoms with Crippen LogP contribution >= 0.6 is 7.37 Å². The lowest BCUT2D eigenvalue weighted by Crippen LogP contribution is -2.35. The SMILES string of the molecule is CC(C)C(=O)CC(CP1(=O)Oc2ccccc2-c2ccccc21)C(=O)C(C)(C)C. The van der Waals surface area contributed by atoms with Gasteiger partial charge in [-0.05, 0) is 17.7 Å². The number of ketones is 2. The van der Waals surface area contributed by atoms with Crippen LogP contribution in [0.5, 0.6) is 5.75 Å². The van der Waals surface area contributed by atoms with Crippen molar-refractivity contribution in [1.82, 2.24) is 0 Å². The molecule has 3 rings (SSSR count). The van der Waals surface area contributed by atoms with E-state index in [0.717, 1.165) is 11.1 Å². The maximum Gasteiger partial charge on any atom is 0.278 e. The van der Waals surface area contributed by atoms with Crippen molar-refractivity contribution in [2.75, 3.05) is 6.16 Å². The highest BCUT2D eigenvalue weighted by molar-refractivity contribution is 7.67. The van der Waals surface area contributed by atoms with Gasteiger partial charge in [0, 0.05) is 35.4 Å². The molecule has 1 aliphatic rings. The Morgan fingerprint density at radius 1 is 0.966 bits per heavy atom. The molecule has 0 bridgehead atoms. The standard InChI is InChI=1S/C24H29O4P/c1-16(2)20(25)14-17(23(26)24(3,4)5)15-29(27)22-13-9-7-11-19(22)18-10-6-8-12-21(18)28-29/h6-13,16-17H,14-15H2,1-5H3. The van der Waals surface area contributed by atoms with Crippen molar-refractivity contribution in [2.45, 2.75) is 41.0 Å². The normalized spacial score (nSPS) is 19.1. The summed E-state index contributed by atoms with van der Waals surface area (Å²) in [7, 11) is -3.37. The van der Waals surface area contributed by atoms with Gasteiger partial charge in [0.1, 0.15) is 17.3 Å². The molecule has 0 amide bonds. The molecule has 0 aromatic heterocycles. The van der Waals surface area contributed by atoms with Crippen molar-refractivity contribution in [1.29, 1.82) is 0 Å². The molecule has 0 saturated heterocycles. The van der Waals surface area contributed by atoms with Gasteiger partial charge in [0.15, 0.2) is 0 Å². The lowest BCUT2D eigenvalue weighted by Gasteiger charge is -2.32. The number of carbonyl (C=O) groups is 2. The summed E-state index contributed by atoms with van der Waals surface area (Å²) >= 11 is 0. The molecule has 0 spiro atoms. The summed E-state index contributed by atoms with van der Waals surface area (Å²) in [5, 5.41) is 0.627. The average molecular weight is 412 g/mol. The number of fused-ring (bicyclic) bond motifs is 3. The molecule has 0 fully saturated rings. The van der Waals surface area contributed by atoms with Crippen molar-refractivity contribution >= 4 is 24.2 Å². The molecular weight excluding hydrogens is 383 g/mol. The maximum absolute atomic E-state index is 14.1. The van der Waals surface area contributed by atoms with Crippen molar-refractivity contribution < 1.29 is 18.7 Å². The summed E-state index contributed by atoms with van der Waals surface area (Å²) in [6.45, 7) is 9.16. The van der Waals surface area contributed by atoms with E-state index in [0.29, 0.717) is 11.1 Å². The molecule has 0 N–H and O–H groups in total. The van der Waals surface area contributed by atoms with Gasteiger partial charge < -0.3 is 4.52 Å². The summed E-state index contributed by atoms with van der Waals surface area (Å²) in [5.41, 5.74) is 1.13. The van der Waals surface area contributed by atoms with E-state index in [-0.39, 0.29) is 30.1 Å². The van der Waals surface area contributed by atoms with E-state index < -0.39 is 18.7 Å². The first-order valence-electron chi connectivity index (χ1n) is 10.1. The molecule has 0 saturated carbocycles. The zero-order valence-electron chi connectivity index (χ0n) is 17.8. The Bertz CT molecular complexity index is 984. The van der Waals surface area contributed by atoms with Crippen LogP contribution in [0.1, 0.15) is 41.0 Å². The topological polar surface area (TPSA) is 60.4 Å². The van der Waals surface area contributed by atoms with Gasteiger partial charge in [0.05, 0.1) is 5.30 Å². The summed E-state index contributed by atoms with van der Waals surface area (Å²) < 4.78 is 20.2. The highest BCUT2D eigenvalue weighted by atomic mass is 31.2. The Labute approximate surface area is 173 Å². The van der Waals surface area contributed by atoms with Gasteiger partial charge in [-0.25, -0.2) is 0 Å². The van der Waals surface area contributed by atoms with Crippen molar-refractivity contribution in [3.63, 3.8) is 0 Å². The van der Waals surface area contributed by atoms with E-state index in [2.05, 4.69) is 0 Å². The quantitative estimate of drug-likeness (QED) is 0.588. The molecule has 2 unspecified atom stereocenters. The number of hydrogen-bond donors (Lipinski definition) is 0. The second-order valence-electron chi connectivity index (χ2n) is 9.10. The summed E-state index contributed by atoms with van der Waals surface area (Å²) in [4.78, 5) is 25.7. The Hall–Kier alpha value is -2.19. The molecule has 2 aromatic carbocycles. The van der Waals surface area contributed by atoms with E-state index in [1.807, 2.05) is 77.1 Å². The smallest absolute Gasteiger partial charge is 0.278 e. The zero-order valence-corrected chi connectivity index (χ0v) is 18.7. The van der Waals surface area contributed by atoms with Crippen LogP contribution in [0.2, 0.25) is 0 Å². The zero-order chi connectivity index (χ0) is 21.4. The molecule has 1 aliphatic heterocycles. The van der Waals surface area contributed by atoms with Gasteiger partial charge >= 0.3 is 0 Å². The second-order valence-corrected chi connectivity index (χ2v) is 11.5. The number of carbonyl (C=O) groups excluding carboxylic acids is 2. The van der Waals surface area contributed by atoms with Crippen LogP contribution in [-0.2, 0) is 14.2 Å². The lowest BCUT2D eigenvalue weighted by molar-refractivity contribution is -0.133. The molecule has 154 valence electrons. The Kier molecular flexibility index (Phi) is 5.87. The second kappa shape index (κ2) is 7.91.